The maximum absolute atomic E-state index is 3.52. The number of hydrogen-bond donors (Lipinski definition) is 1. The number of piperidine rings is 1. The molecule has 0 aromatic heterocycles. The van der Waals surface area contributed by atoms with Crippen molar-refractivity contribution in [3.8, 4) is 0 Å². The lowest BCUT2D eigenvalue weighted by Crippen LogP contribution is -2.51. The van der Waals surface area contributed by atoms with E-state index < -0.39 is 0 Å². The van der Waals surface area contributed by atoms with E-state index in [1.807, 2.05) is 0 Å². The van der Waals surface area contributed by atoms with Crippen molar-refractivity contribution < 1.29 is 0 Å². The molecule has 2 nitrogen and oxygen atoms in total. The third-order valence-corrected chi connectivity index (χ3v) is 6.85. The van der Waals surface area contributed by atoms with Gasteiger partial charge in [-0.1, -0.05) is 27.7 Å². The van der Waals surface area contributed by atoms with Gasteiger partial charge in [0.15, 0.2) is 0 Å². The molecule has 1 aliphatic heterocycles. The highest BCUT2D eigenvalue weighted by Crippen LogP contribution is 2.52. The molecule has 1 aliphatic carbocycles. The Kier molecular flexibility index (Phi) is 6.14. The van der Waals surface area contributed by atoms with E-state index in [-0.39, 0.29) is 0 Å². The first-order chi connectivity index (χ1) is 10.1. The number of nitrogens with zero attached hydrogens (tertiary/aromatic N) is 1. The van der Waals surface area contributed by atoms with Gasteiger partial charge >= 0.3 is 0 Å². The Morgan fingerprint density at radius 2 is 1.57 bits per heavy atom. The van der Waals surface area contributed by atoms with Crippen LogP contribution in [0.1, 0.15) is 72.6 Å². The molecule has 2 fully saturated rings. The molecule has 2 heteroatoms. The van der Waals surface area contributed by atoms with Crippen LogP contribution in [0.4, 0.5) is 0 Å². The predicted molar refractivity (Wildman–Crippen MR) is 92.7 cm³/mol. The molecule has 124 valence electrons. The topological polar surface area (TPSA) is 15.3 Å². The van der Waals surface area contributed by atoms with Gasteiger partial charge in [0.05, 0.1) is 0 Å². The van der Waals surface area contributed by atoms with Crippen molar-refractivity contribution in [3.05, 3.63) is 0 Å². The first-order valence-electron chi connectivity index (χ1n) is 9.54. The van der Waals surface area contributed by atoms with Gasteiger partial charge in [-0.05, 0) is 87.9 Å². The molecule has 2 aliphatic rings. The summed E-state index contributed by atoms with van der Waals surface area (Å²) in [6, 6.07) is 0. The minimum Gasteiger partial charge on any atom is -0.317 e. The zero-order valence-corrected chi connectivity index (χ0v) is 15.0. The highest BCUT2D eigenvalue weighted by atomic mass is 15.1. The van der Waals surface area contributed by atoms with Crippen LogP contribution >= 0.6 is 0 Å². The smallest absolute Gasteiger partial charge is 0.00377 e. The SMILES string of the molecule is CCNCC1CC2(CCN(CC(CC)(CC)CC)CC2)C1. The summed E-state index contributed by atoms with van der Waals surface area (Å²) in [5, 5.41) is 3.52. The van der Waals surface area contributed by atoms with E-state index >= 15 is 0 Å². The Morgan fingerprint density at radius 3 is 2.05 bits per heavy atom. The second-order valence-corrected chi connectivity index (χ2v) is 7.92. The van der Waals surface area contributed by atoms with Gasteiger partial charge in [-0.25, -0.2) is 0 Å². The number of rotatable bonds is 8. The van der Waals surface area contributed by atoms with Crippen LogP contribution < -0.4 is 5.32 Å². The summed E-state index contributed by atoms with van der Waals surface area (Å²) >= 11 is 0. The first-order valence-corrected chi connectivity index (χ1v) is 9.54. The second kappa shape index (κ2) is 7.46. The van der Waals surface area contributed by atoms with E-state index in [1.165, 1.54) is 71.1 Å². The van der Waals surface area contributed by atoms with Gasteiger partial charge < -0.3 is 10.2 Å². The van der Waals surface area contributed by atoms with Crippen molar-refractivity contribution in [2.24, 2.45) is 16.7 Å². The van der Waals surface area contributed by atoms with E-state index in [2.05, 4.69) is 37.9 Å². The lowest BCUT2D eigenvalue weighted by atomic mass is 9.57. The van der Waals surface area contributed by atoms with Gasteiger partial charge in [-0.3, -0.25) is 0 Å². The Bertz CT molecular complexity index is 284. The molecule has 1 saturated heterocycles. The number of nitrogens with one attached hydrogen (secondary N) is 1. The number of hydrogen-bond acceptors (Lipinski definition) is 2. The molecule has 1 N–H and O–H groups in total. The maximum atomic E-state index is 3.52. The van der Waals surface area contributed by atoms with Crippen LogP contribution in [-0.2, 0) is 0 Å². The summed E-state index contributed by atoms with van der Waals surface area (Å²) in [5.74, 6) is 0.970. The highest BCUT2D eigenvalue weighted by molar-refractivity contribution is 4.98. The summed E-state index contributed by atoms with van der Waals surface area (Å²) in [4.78, 5) is 2.78. The fourth-order valence-electron chi connectivity index (χ4n) is 4.81. The third-order valence-electron chi connectivity index (χ3n) is 6.85. The fraction of sp³-hybridized carbons (Fsp3) is 1.00. The molecule has 1 spiro atoms. The van der Waals surface area contributed by atoms with Crippen molar-refractivity contribution in [3.63, 3.8) is 0 Å². The van der Waals surface area contributed by atoms with Crippen LogP contribution in [0.2, 0.25) is 0 Å². The van der Waals surface area contributed by atoms with Gasteiger partial charge in [0, 0.05) is 6.54 Å². The zero-order chi connectivity index (χ0) is 15.3. The molecule has 0 atom stereocenters. The molecule has 2 rings (SSSR count). The van der Waals surface area contributed by atoms with Crippen molar-refractivity contribution in [1.29, 1.82) is 0 Å². The van der Waals surface area contributed by atoms with Crippen LogP contribution in [0, 0.1) is 16.7 Å². The monoisotopic (exact) mass is 294 g/mol. The van der Waals surface area contributed by atoms with Gasteiger partial charge in [0.25, 0.3) is 0 Å². The number of likely N-dealkylation sites (tertiary alicyclic amines) is 1. The molecular formula is C19H38N2. The first kappa shape index (κ1) is 17.3. The molecule has 1 saturated carbocycles. The summed E-state index contributed by atoms with van der Waals surface area (Å²) in [5.41, 5.74) is 1.32. The van der Waals surface area contributed by atoms with E-state index in [4.69, 9.17) is 0 Å². The standard InChI is InChI=1S/C19H38N2/c1-5-18(6-2,7-3)16-21-11-9-19(10-12-21)13-17(14-19)15-20-8-4/h17,20H,5-16H2,1-4H3. The van der Waals surface area contributed by atoms with Gasteiger partial charge in [0.2, 0.25) is 0 Å². The Balaban J connectivity index is 1.74. The normalized spacial score (nSPS) is 23.4. The Hall–Kier alpha value is -0.0800. The quantitative estimate of drug-likeness (QED) is 0.718. The van der Waals surface area contributed by atoms with E-state index in [0.717, 1.165) is 17.9 Å². The maximum Gasteiger partial charge on any atom is 0.00377 e. The predicted octanol–water partition coefficient (Wildman–Crippen LogP) is 4.30. The molecule has 0 bridgehead atoms. The molecule has 1 heterocycles. The minimum atomic E-state index is 0.581. The fourth-order valence-corrected chi connectivity index (χ4v) is 4.81. The van der Waals surface area contributed by atoms with Crippen LogP contribution in [-0.4, -0.2) is 37.6 Å². The molecule has 0 aromatic rings. The lowest BCUT2D eigenvalue weighted by Gasteiger charge is -2.53. The molecule has 0 radical (unpaired) electrons. The van der Waals surface area contributed by atoms with Gasteiger partial charge in [-0.15, -0.1) is 0 Å². The zero-order valence-electron chi connectivity index (χ0n) is 15.0. The molecule has 0 amide bonds. The van der Waals surface area contributed by atoms with E-state index in [1.54, 1.807) is 0 Å². The van der Waals surface area contributed by atoms with Crippen LogP contribution in [0.5, 0.6) is 0 Å². The van der Waals surface area contributed by atoms with Crippen molar-refractivity contribution in [2.45, 2.75) is 72.6 Å². The lowest BCUT2D eigenvalue weighted by molar-refractivity contribution is -0.0239. The largest absolute Gasteiger partial charge is 0.317 e. The molecule has 0 aromatic carbocycles. The Labute approximate surface area is 133 Å². The van der Waals surface area contributed by atoms with Crippen LogP contribution in [0.15, 0.2) is 0 Å². The van der Waals surface area contributed by atoms with Gasteiger partial charge in [-0.2, -0.15) is 0 Å². The van der Waals surface area contributed by atoms with E-state index in [9.17, 15) is 0 Å². The van der Waals surface area contributed by atoms with Crippen molar-refractivity contribution in [2.75, 3.05) is 32.7 Å². The summed E-state index contributed by atoms with van der Waals surface area (Å²) in [7, 11) is 0. The van der Waals surface area contributed by atoms with Gasteiger partial charge in [0.1, 0.15) is 0 Å². The van der Waals surface area contributed by atoms with Crippen LogP contribution in [0.3, 0.4) is 0 Å². The van der Waals surface area contributed by atoms with E-state index in [0.29, 0.717) is 5.41 Å². The summed E-state index contributed by atoms with van der Waals surface area (Å²) < 4.78 is 0. The minimum absolute atomic E-state index is 0.581. The summed E-state index contributed by atoms with van der Waals surface area (Å²) in [6.07, 6.45) is 9.93. The average molecular weight is 295 g/mol. The average Bonchev–Trinajstić information content (AvgIpc) is 2.50. The Morgan fingerprint density at radius 1 is 1.00 bits per heavy atom. The third kappa shape index (κ3) is 4.01. The molecule has 0 unspecified atom stereocenters. The molecular weight excluding hydrogens is 256 g/mol. The highest BCUT2D eigenvalue weighted by Gasteiger charge is 2.45. The molecule has 21 heavy (non-hydrogen) atoms. The second-order valence-electron chi connectivity index (χ2n) is 7.92. The van der Waals surface area contributed by atoms with Crippen molar-refractivity contribution >= 4 is 0 Å². The summed E-state index contributed by atoms with van der Waals surface area (Å²) in [6.45, 7) is 15.8. The van der Waals surface area contributed by atoms with Crippen molar-refractivity contribution in [1.82, 2.24) is 10.2 Å². The van der Waals surface area contributed by atoms with Crippen LogP contribution in [0.25, 0.3) is 0 Å².